The first kappa shape index (κ1) is 28.9. The summed E-state index contributed by atoms with van der Waals surface area (Å²) in [4.78, 5) is 31.9. The van der Waals surface area contributed by atoms with Gasteiger partial charge in [0.15, 0.2) is 0 Å². The standard InChI is InChI=1S/C21H31BrN6O6S/c1-24-6-9-26(10-7-24)11-8-25(2)21(29)18-15-19(17(16-23)14-20(18)28(30)31)27(5-4-22)12-13-34-35(3,32)33/h14-15H,4-13H2,1-3H3. The van der Waals surface area contributed by atoms with Crippen molar-refractivity contribution in [2.45, 2.75) is 0 Å². The number of anilines is 1. The zero-order valence-electron chi connectivity index (χ0n) is 20.1. The number of carbonyl (C=O) groups excluding carboxylic acids is 1. The monoisotopic (exact) mass is 574 g/mol. The maximum atomic E-state index is 13.3. The van der Waals surface area contributed by atoms with Crippen molar-refractivity contribution < 1.29 is 22.3 Å². The summed E-state index contributed by atoms with van der Waals surface area (Å²) in [6.45, 7) is 4.96. The van der Waals surface area contributed by atoms with Crippen LogP contribution in [-0.2, 0) is 14.3 Å². The average Bonchev–Trinajstić information content (AvgIpc) is 2.80. The SMILES string of the molecule is CN1CCN(CCN(C)C(=O)c2cc(N(CCBr)CCOS(C)(=O)=O)c(C#N)cc2[N+](=O)[O-])CC1. The molecule has 35 heavy (non-hydrogen) atoms. The lowest BCUT2D eigenvalue weighted by molar-refractivity contribution is -0.385. The Bertz CT molecular complexity index is 1060. The summed E-state index contributed by atoms with van der Waals surface area (Å²) in [5.41, 5.74) is -0.277. The highest BCUT2D eigenvalue weighted by Gasteiger charge is 2.28. The van der Waals surface area contributed by atoms with Gasteiger partial charge in [-0.25, -0.2) is 0 Å². The van der Waals surface area contributed by atoms with Crippen LogP contribution in [0.3, 0.4) is 0 Å². The first-order valence-corrected chi connectivity index (χ1v) is 13.9. The number of hydrogen-bond donors (Lipinski definition) is 0. The third-order valence-corrected chi connectivity index (χ3v) is 6.66. The van der Waals surface area contributed by atoms with E-state index in [1.807, 2.05) is 6.07 Å². The molecule has 12 nitrogen and oxygen atoms in total. The molecule has 1 aliphatic heterocycles. The summed E-state index contributed by atoms with van der Waals surface area (Å²) in [7, 11) is -0.0125. The lowest BCUT2D eigenvalue weighted by Crippen LogP contribution is -2.47. The molecule has 14 heteroatoms. The van der Waals surface area contributed by atoms with Crippen LogP contribution < -0.4 is 4.90 Å². The van der Waals surface area contributed by atoms with Gasteiger partial charge in [-0.3, -0.25) is 24.0 Å². The quantitative estimate of drug-likeness (QED) is 0.153. The highest BCUT2D eigenvalue weighted by Crippen LogP contribution is 2.30. The van der Waals surface area contributed by atoms with Crippen LogP contribution in [0.2, 0.25) is 0 Å². The second-order valence-corrected chi connectivity index (χ2v) is 10.8. The van der Waals surface area contributed by atoms with E-state index in [1.165, 1.54) is 11.0 Å². The van der Waals surface area contributed by atoms with Gasteiger partial charge in [-0.2, -0.15) is 13.7 Å². The van der Waals surface area contributed by atoms with E-state index >= 15 is 0 Å². The zero-order valence-corrected chi connectivity index (χ0v) is 22.5. The van der Waals surface area contributed by atoms with Gasteiger partial charge in [0, 0.05) is 70.8 Å². The number of nitrogens with zero attached hydrogens (tertiary/aromatic N) is 6. The fraction of sp³-hybridized carbons (Fsp3) is 0.619. The summed E-state index contributed by atoms with van der Waals surface area (Å²) < 4.78 is 27.5. The smallest absolute Gasteiger partial charge is 0.283 e. The van der Waals surface area contributed by atoms with E-state index in [0.29, 0.717) is 30.7 Å². The van der Waals surface area contributed by atoms with Crippen LogP contribution in [0.1, 0.15) is 15.9 Å². The van der Waals surface area contributed by atoms with Gasteiger partial charge in [-0.05, 0) is 13.1 Å². The molecule has 1 heterocycles. The summed E-state index contributed by atoms with van der Waals surface area (Å²) in [5.74, 6) is -0.525. The van der Waals surface area contributed by atoms with Gasteiger partial charge in [0.2, 0.25) is 0 Å². The highest BCUT2D eigenvalue weighted by molar-refractivity contribution is 9.09. The topological polar surface area (TPSA) is 140 Å². The molecule has 194 valence electrons. The van der Waals surface area contributed by atoms with Crippen LogP contribution in [0, 0.1) is 21.4 Å². The lowest BCUT2D eigenvalue weighted by atomic mass is 10.0. The van der Waals surface area contributed by atoms with E-state index in [9.17, 15) is 28.6 Å². The molecule has 0 radical (unpaired) electrons. The predicted molar refractivity (Wildman–Crippen MR) is 136 cm³/mol. The zero-order chi connectivity index (χ0) is 26.2. The van der Waals surface area contributed by atoms with Crippen LogP contribution in [-0.4, -0.2) is 119 Å². The number of piperazine rings is 1. The Hall–Kier alpha value is -2.31. The van der Waals surface area contributed by atoms with Crippen LogP contribution in [0.15, 0.2) is 12.1 Å². The van der Waals surface area contributed by atoms with E-state index < -0.39 is 26.6 Å². The summed E-state index contributed by atoms with van der Waals surface area (Å²) in [6, 6.07) is 4.38. The van der Waals surface area contributed by atoms with Gasteiger partial charge in [0.05, 0.1) is 29.0 Å². The minimum atomic E-state index is -3.66. The van der Waals surface area contributed by atoms with Gasteiger partial charge in [-0.1, -0.05) is 15.9 Å². The molecule has 2 rings (SSSR count). The summed E-state index contributed by atoms with van der Waals surface area (Å²) in [6.07, 6.45) is 0.934. The number of rotatable bonds is 12. The number of hydrogen-bond acceptors (Lipinski definition) is 10. The Labute approximate surface area is 214 Å². The Balaban J connectivity index is 2.31. The molecular formula is C21H31BrN6O6S. The fourth-order valence-electron chi connectivity index (χ4n) is 3.67. The molecule has 1 saturated heterocycles. The van der Waals surface area contributed by atoms with Crippen molar-refractivity contribution >= 4 is 43.3 Å². The lowest BCUT2D eigenvalue weighted by Gasteiger charge is -2.33. The van der Waals surface area contributed by atoms with Crippen molar-refractivity contribution in [3.63, 3.8) is 0 Å². The first-order chi connectivity index (χ1) is 16.5. The molecule has 1 aliphatic rings. The maximum absolute atomic E-state index is 13.3. The number of alkyl halides is 1. The van der Waals surface area contributed by atoms with Gasteiger partial charge in [-0.15, -0.1) is 0 Å². The molecule has 1 aromatic rings. The Morgan fingerprint density at radius 1 is 1.26 bits per heavy atom. The van der Waals surface area contributed by atoms with Crippen molar-refractivity contribution in [2.75, 3.05) is 89.5 Å². The van der Waals surface area contributed by atoms with Gasteiger partial charge >= 0.3 is 0 Å². The Morgan fingerprint density at radius 3 is 2.46 bits per heavy atom. The molecular weight excluding hydrogens is 544 g/mol. The van der Waals surface area contributed by atoms with Crippen LogP contribution in [0.4, 0.5) is 11.4 Å². The molecule has 1 aromatic carbocycles. The first-order valence-electron chi connectivity index (χ1n) is 11.0. The minimum Gasteiger partial charge on any atom is -0.367 e. The number of nitriles is 1. The predicted octanol–water partition coefficient (Wildman–Crippen LogP) is 0.963. The molecule has 0 unspecified atom stereocenters. The summed E-state index contributed by atoms with van der Waals surface area (Å²) in [5, 5.41) is 21.9. The molecule has 0 saturated carbocycles. The van der Waals surface area contributed by atoms with Crippen molar-refractivity contribution in [1.29, 1.82) is 5.26 Å². The molecule has 1 fully saturated rings. The van der Waals surface area contributed by atoms with E-state index in [0.717, 1.165) is 38.5 Å². The third kappa shape index (κ3) is 8.69. The van der Waals surface area contributed by atoms with E-state index in [1.54, 1.807) is 11.9 Å². The highest BCUT2D eigenvalue weighted by atomic mass is 79.9. The molecule has 1 amide bonds. The van der Waals surface area contributed by atoms with Gasteiger partial charge in [0.25, 0.3) is 21.7 Å². The minimum absolute atomic E-state index is 0.00800. The summed E-state index contributed by atoms with van der Waals surface area (Å²) >= 11 is 3.32. The molecule has 0 atom stereocenters. The largest absolute Gasteiger partial charge is 0.367 e. The van der Waals surface area contributed by atoms with Gasteiger partial charge < -0.3 is 14.7 Å². The molecule has 0 spiro atoms. The van der Waals surface area contributed by atoms with Crippen molar-refractivity contribution in [1.82, 2.24) is 14.7 Å². The number of benzene rings is 1. The fourth-order valence-corrected chi connectivity index (χ4v) is 4.48. The Kier molecular flexibility index (Phi) is 10.8. The normalized spacial score (nSPS) is 14.9. The van der Waals surface area contributed by atoms with Crippen LogP contribution in [0.5, 0.6) is 0 Å². The number of likely N-dealkylation sites (N-methyl/N-ethyl adjacent to an activating group) is 2. The van der Waals surface area contributed by atoms with Crippen LogP contribution in [0.25, 0.3) is 0 Å². The van der Waals surface area contributed by atoms with Gasteiger partial charge in [0.1, 0.15) is 11.6 Å². The third-order valence-electron chi connectivity index (χ3n) is 5.71. The molecule has 0 aliphatic carbocycles. The molecule has 0 bridgehead atoms. The number of carbonyl (C=O) groups is 1. The number of nitro groups is 1. The van der Waals surface area contributed by atoms with Crippen molar-refractivity contribution in [3.05, 3.63) is 33.4 Å². The van der Waals surface area contributed by atoms with E-state index in [2.05, 4.69) is 32.8 Å². The molecule has 0 aromatic heterocycles. The van der Waals surface area contributed by atoms with E-state index in [4.69, 9.17) is 4.18 Å². The number of amides is 1. The second kappa shape index (κ2) is 13.1. The molecule has 0 N–H and O–H groups in total. The average molecular weight is 575 g/mol. The second-order valence-electron chi connectivity index (χ2n) is 8.33. The maximum Gasteiger partial charge on any atom is 0.283 e. The van der Waals surface area contributed by atoms with Crippen molar-refractivity contribution in [2.24, 2.45) is 0 Å². The van der Waals surface area contributed by atoms with Crippen molar-refractivity contribution in [3.8, 4) is 6.07 Å². The number of halogens is 1. The number of nitro benzene ring substituents is 1. The van der Waals surface area contributed by atoms with Crippen LogP contribution >= 0.6 is 15.9 Å². The van der Waals surface area contributed by atoms with E-state index in [-0.39, 0.29) is 24.3 Å². The Morgan fingerprint density at radius 2 is 1.91 bits per heavy atom.